The first-order chi connectivity index (χ1) is 9.73. The monoisotopic (exact) mass is 397 g/mol. The lowest BCUT2D eigenvalue weighted by Crippen LogP contribution is -2.42. The summed E-state index contributed by atoms with van der Waals surface area (Å²) in [6.45, 7) is 0.299. The highest BCUT2D eigenvalue weighted by atomic mass is 79.9. The maximum absolute atomic E-state index is 12.5. The van der Waals surface area contributed by atoms with Crippen LogP contribution in [0.25, 0.3) is 0 Å². The Morgan fingerprint density at radius 2 is 2.10 bits per heavy atom. The molecule has 0 amide bonds. The number of carboxylic acid groups (broad SMARTS) is 1. The van der Waals surface area contributed by atoms with Crippen LogP contribution >= 0.6 is 27.5 Å². The van der Waals surface area contributed by atoms with Crippen LogP contribution in [0.15, 0.2) is 21.5 Å². The number of carbonyl (C=O) groups is 1. The Morgan fingerprint density at radius 1 is 1.43 bits per heavy atom. The fourth-order valence-corrected chi connectivity index (χ4v) is 4.53. The molecule has 2 N–H and O–H groups in total. The summed E-state index contributed by atoms with van der Waals surface area (Å²) in [4.78, 5) is 11.0. The van der Waals surface area contributed by atoms with Crippen molar-refractivity contribution in [3.05, 3.63) is 27.2 Å². The molecule has 6 nitrogen and oxygen atoms in total. The molecule has 9 heteroatoms. The van der Waals surface area contributed by atoms with Crippen LogP contribution in [0.2, 0.25) is 5.02 Å². The van der Waals surface area contributed by atoms with Gasteiger partial charge in [-0.1, -0.05) is 11.6 Å². The van der Waals surface area contributed by atoms with E-state index in [0.717, 1.165) is 10.4 Å². The lowest BCUT2D eigenvalue weighted by atomic mass is 10.1. The number of halogens is 2. The van der Waals surface area contributed by atoms with Crippen molar-refractivity contribution in [1.82, 2.24) is 4.31 Å². The van der Waals surface area contributed by atoms with Crippen LogP contribution in [-0.4, -0.2) is 48.1 Å². The summed E-state index contributed by atoms with van der Waals surface area (Å²) in [5.74, 6) is -1.31. The molecule has 1 heterocycles. The number of rotatable bonds is 3. The molecule has 0 bridgehead atoms. The molecule has 1 saturated heterocycles. The third-order valence-corrected chi connectivity index (χ3v) is 6.33. The van der Waals surface area contributed by atoms with E-state index in [1.807, 2.05) is 0 Å². The van der Waals surface area contributed by atoms with Gasteiger partial charge in [0.15, 0.2) is 0 Å². The molecule has 1 fully saturated rings. The van der Waals surface area contributed by atoms with Gasteiger partial charge >= 0.3 is 5.97 Å². The Morgan fingerprint density at radius 3 is 2.67 bits per heavy atom. The number of carboxylic acids is 1. The number of sulfonamides is 1. The molecule has 0 saturated carbocycles. The highest BCUT2D eigenvalue weighted by Gasteiger charge is 2.31. The predicted octanol–water partition coefficient (Wildman–Crippen LogP) is 1.95. The zero-order valence-electron chi connectivity index (χ0n) is 10.8. The average Bonchev–Trinajstić information content (AvgIpc) is 2.41. The lowest BCUT2D eigenvalue weighted by molar-refractivity contribution is 0.0696. The van der Waals surface area contributed by atoms with Gasteiger partial charge in [0.05, 0.1) is 21.6 Å². The molecule has 2 rings (SSSR count). The number of hydrogen-bond donors (Lipinski definition) is 2. The van der Waals surface area contributed by atoms with E-state index in [0.29, 0.717) is 19.4 Å². The molecule has 1 aromatic rings. The van der Waals surface area contributed by atoms with Gasteiger partial charge in [-0.3, -0.25) is 0 Å². The van der Waals surface area contributed by atoms with Crippen molar-refractivity contribution < 1.29 is 23.4 Å². The van der Waals surface area contributed by atoms with Gasteiger partial charge in [0.2, 0.25) is 10.0 Å². The Hall–Kier alpha value is -0.670. The summed E-state index contributed by atoms with van der Waals surface area (Å²) in [5, 5.41) is 18.6. The zero-order valence-corrected chi connectivity index (χ0v) is 13.9. The fourth-order valence-electron chi connectivity index (χ4n) is 2.16. The van der Waals surface area contributed by atoms with E-state index in [1.54, 1.807) is 0 Å². The first-order valence-electron chi connectivity index (χ1n) is 6.14. The van der Waals surface area contributed by atoms with Crippen LogP contribution in [0.1, 0.15) is 23.2 Å². The van der Waals surface area contributed by atoms with Gasteiger partial charge in [0.1, 0.15) is 0 Å². The predicted molar refractivity (Wildman–Crippen MR) is 80.1 cm³/mol. The first-order valence-corrected chi connectivity index (χ1v) is 8.75. The molecule has 0 radical (unpaired) electrons. The van der Waals surface area contributed by atoms with Crippen molar-refractivity contribution in [1.29, 1.82) is 0 Å². The summed E-state index contributed by atoms with van der Waals surface area (Å²) in [6, 6.07) is 2.30. The number of piperidine rings is 1. The molecule has 1 aliphatic heterocycles. The number of nitrogens with zero attached hydrogens (tertiary/aromatic N) is 1. The topological polar surface area (TPSA) is 94.9 Å². The standard InChI is InChI=1S/C12H13BrClNO5S/c13-10-5-8(4-9(11(10)14)12(17)18)21(19,20)15-3-1-2-7(16)6-15/h4-5,7,16H,1-3,6H2,(H,17,18). The van der Waals surface area contributed by atoms with E-state index in [4.69, 9.17) is 16.7 Å². The molecular weight excluding hydrogens is 386 g/mol. The largest absolute Gasteiger partial charge is 0.478 e. The molecule has 21 heavy (non-hydrogen) atoms. The van der Waals surface area contributed by atoms with E-state index in [2.05, 4.69) is 15.9 Å². The maximum Gasteiger partial charge on any atom is 0.337 e. The van der Waals surface area contributed by atoms with Crippen molar-refractivity contribution in [2.24, 2.45) is 0 Å². The third-order valence-electron chi connectivity index (χ3n) is 3.23. The van der Waals surface area contributed by atoms with Crippen LogP contribution in [0, 0.1) is 0 Å². The summed E-state index contributed by atoms with van der Waals surface area (Å²) < 4.78 is 26.4. The number of hydrogen-bond acceptors (Lipinski definition) is 4. The van der Waals surface area contributed by atoms with Crippen molar-refractivity contribution in [3.63, 3.8) is 0 Å². The van der Waals surface area contributed by atoms with Crippen molar-refractivity contribution >= 4 is 43.5 Å². The van der Waals surface area contributed by atoms with Crippen molar-refractivity contribution in [2.45, 2.75) is 23.8 Å². The second kappa shape index (κ2) is 6.21. The van der Waals surface area contributed by atoms with Crippen molar-refractivity contribution in [3.8, 4) is 0 Å². The van der Waals surface area contributed by atoms with E-state index in [-0.39, 0.29) is 26.5 Å². The highest BCUT2D eigenvalue weighted by molar-refractivity contribution is 9.10. The Labute approximate surface area is 135 Å². The quantitative estimate of drug-likeness (QED) is 0.811. The van der Waals surface area contributed by atoms with Crippen LogP contribution < -0.4 is 0 Å². The Bertz CT molecular complexity index is 678. The van der Waals surface area contributed by atoms with Crippen LogP contribution in [-0.2, 0) is 10.0 Å². The number of benzene rings is 1. The van der Waals surface area contributed by atoms with E-state index in [1.165, 1.54) is 6.07 Å². The number of aliphatic hydroxyl groups is 1. The molecule has 1 aliphatic rings. The van der Waals surface area contributed by atoms with Gasteiger partial charge < -0.3 is 10.2 Å². The van der Waals surface area contributed by atoms with E-state index < -0.39 is 22.1 Å². The molecular formula is C12H13BrClNO5S. The second-order valence-corrected chi connectivity index (χ2v) is 7.90. The van der Waals surface area contributed by atoms with E-state index >= 15 is 0 Å². The van der Waals surface area contributed by atoms with Crippen molar-refractivity contribution in [2.75, 3.05) is 13.1 Å². The van der Waals surface area contributed by atoms with Gasteiger partial charge in [-0.15, -0.1) is 0 Å². The smallest absolute Gasteiger partial charge is 0.337 e. The second-order valence-electron chi connectivity index (χ2n) is 4.73. The minimum Gasteiger partial charge on any atom is -0.478 e. The number of β-amino-alcohol motifs (C(OH)–C–C–N with tert-alkyl or cyclic N) is 1. The zero-order chi connectivity index (χ0) is 15.8. The van der Waals surface area contributed by atoms with Gasteiger partial charge in [-0.05, 0) is 40.9 Å². The normalized spacial score (nSPS) is 20.4. The molecule has 1 unspecified atom stereocenters. The lowest BCUT2D eigenvalue weighted by Gasteiger charge is -2.29. The highest BCUT2D eigenvalue weighted by Crippen LogP contribution is 2.31. The van der Waals surface area contributed by atoms with Crippen LogP contribution in [0.5, 0.6) is 0 Å². The van der Waals surface area contributed by atoms with Crippen LogP contribution in [0.3, 0.4) is 0 Å². The van der Waals surface area contributed by atoms with Gasteiger partial charge in [-0.25, -0.2) is 13.2 Å². The summed E-state index contributed by atoms with van der Waals surface area (Å²) in [6.07, 6.45) is 0.403. The molecule has 116 valence electrons. The molecule has 0 aromatic heterocycles. The first kappa shape index (κ1) is 16.7. The maximum atomic E-state index is 12.5. The molecule has 1 aromatic carbocycles. The van der Waals surface area contributed by atoms with E-state index in [9.17, 15) is 18.3 Å². The van der Waals surface area contributed by atoms with Gasteiger partial charge in [-0.2, -0.15) is 4.31 Å². The van der Waals surface area contributed by atoms with Gasteiger partial charge in [0.25, 0.3) is 0 Å². The minimum absolute atomic E-state index is 0.00494. The fraction of sp³-hybridized carbons (Fsp3) is 0.417. The summed E-state index contributed by atoms with van der Waals surface area (Å²) in [7, 11) is -3.87. The molecule has 0 spiro atoms. The molecule has 1 atom stereocenters. The molecule has 0 aliphatic carbocycles. The minimum atomic E-state index is -3.87. The summed E-state index contributed by atoms with van der Waals surface area (Å²) >= 11 is 8.91. The summed E-state index contributed by atoms with van der Waals surface area (Å²) in [5.41, 5.74) is -0.290. The van der Waals surface area contributed by atoms with Crippen LogP contribution in [0.4, 0.5) is 0 Å². The third kappa shape index (κ3) is 3.40. The number of aromatic carboxylic acids is 1. The Kier molecular flexibility index (Phi) is 4.94. The SMILES string of the molecule is O=C(O)c1cc(S(=O)(=O)N2CCCC(O)C2)cc(Br)c1Cl. The Balaban J connectivity index is 2.47. The average molecular weight is 399 g/mol. The number of aliphatic hydroxyl groups excluding tert-OH is 1. The van der Waals surface area contributed by atoms with Gasteiger partial charge in [0, 0.05) is 17.6 Å².